The van der Waals surface area contributed by atoms with Crippen LogP contribution in [0.15, 0.2) is 40.1 Å². The number of benzene rings is 1. The van der Waals surface area contributed by atoms with Gasteiger partial charge in [0.25, 0.3) is 0 Å². The summed E-state index contributed by atoms with van der Waals surface area (Å²) >= 11 is 0. The van der Waals surface area contributed by atoms with Crippen LogP contribution < -0.4 is 5.73 Å². The van der Waals surface area contributed by atoms with Gasteiger partial charge in [0.1, 0.15) is 5.82 Å². The Morgan fingerprint density at radius 2 is 2.11 bits per heavy atom. The minimum atomic E-state index is -0.391. The molecule has 3 aliphatic heterocycles. The topological polar surface area (TPSA) is 86.7 Å². The third-order valence-corrected chi connectivity index (χ3v) is 5.31. The first-order valence-corrected chi connectivity index (χ1v) is 9.21. The monoisotopic (exact) mass is 373 g/mol. The zero-order chi connectivity index (χ0) is 19.0. The van der Waals surface area contributed by atoms with Crippen molar-refractivity contribution in [1.82, 2.24) is 9.91 Å². The highest BCUT2D eigenvalue weighted by Crippen LogP contribution is 2.28. The van der Waals surface area contributed by atoms with Crippen molar-refractivity contribution >= 4 is 11.7 Å². The first-order chi connectivity index (χ1) is 13.1. The SMILES string of the molecule is CC1N=C2C(N)=CC(N3CCOCC3)=NN2C1Cc1cccc(F)c1CO. The van der Waals surface area contributed by atoms with Crippen LogP contribution in [-0.2, 0) is 17.8 Å². The number of morpholine rings is 1. The van der Waals surface area contributed by atoms with E-state index in [1.54, 1.807) is 6.07 Å². The second-order valence-corrected chi connectivity index (χ2v) is 7.00. The van der Waals surface area contributed by atoms with Crippen molar-refractivity contribution < 1.29 is 14.2 Å². The van der Waals surface area contributed by atoms with Crippen molar-refractivity contribution in [1.29, 1.82) is 0 Å². The van der Waals surface area contributed by atoms with Gasteiger partial charge in [-0.3, -0.25) is 4.99 Å². The number of hydrogen-bond donors (Lipinski definition) is 2. The molecule has 1 aromatic rings. The Kier molecular flexibility index (Phi) is 4.84. The van der Waals surface area contributed by atoms with Crippen molar-refractivity contribution in [2.75, 3.05) is 26.3 Å². The maximum absolute atomic E-state index is 14.0. The van der Waals surface area contributed by atoms with Gasteiger partial charge in [0.2, 0.25) is 0 Å². The van der Waals surface area contributed by atoms with Gasteiger partial charge < -0.3 is 20.5 Å². The van der Waals surface area contributed by atoms with Gasteiger partial charge in [0.05, 0.1) is 37.6 Å². The lowest BCUT2D eigenvalue weighted by molar-refractivity contribution is 0.0675. The summed E-state index contributed by atoms with van der Waals surface area (Å²) in [7, 11) is 0. The van der Waals surface area contributed by atoms with E-state index in [9.17, 15) is 9.50 Å². The van der Waals surface area contributed by atoms with Crippen LogP contribution in [0.4, 0.5) is 4.39 Å². The zero-order valence-corrected chi connectivity index (χ0v) is 15.3. The van der Waals surface area contributed by atoms with E-state index in [0.717, 1.165) is 24.5 Å². The molecule has 4 rings (SSSR count). The predicted octanol–water partition coefficient (Wildman–Crippen LogP) is 0.834. The maximum atomic E-state index is 14.0. The van der Waals surface area contributed by atoms with E-state index >= 15 is 0 Å². The number of hydrazone groups is 1. The molecule has 0 spiro atoms. The van der Waals surface area contributed by atoms with Crippen LogP contribution in [0, 0.1) is 5.82 Å². The lowest BCUT2D eigenvalue weighted by Crippen LogP contribution is -2.47. The van der Waals surface area contributed by atoms with E-state index in [-0.39, 0.29) is 18.7 Å². The molecule has 0 bridgehead atoms. The fourth-order valence-electron chi connectivity index (χ4n) is 3.77. The van der Waals surface area contributed by atoms with Gasteiger partial charge >= 0.3 is 0 Å². The van der Waals surface area contributed by atoms with Gasteiger partial charge in [0, 0.05) is 24.7 Å². The summed E-state index contributed by atoms with van der Waals surface area (Å²) in [5.74, 6) is 1.07. The van der Waals surface area contributed by atoms with Crippen molar-refractivity contribution in [3.05, 3.63) is 46.9 Å². The van der Waals surface area contributed by atoms with Gasteiger partial charge in [0.15, 0.2) is 11.7 Å². The molecule has 27 heavy (non-hydrogen) atoms. The average Bonchev–Trinajstić information content (AvgIpc) is 2.99. The third-order valence-electron chi connectivity index (χ3n) is 5.31. The molecular weight excluding hydrogens is 349 g/mol. The molecule has 0 aromatic heterocycles. The van der Waals surface area contributed by atoms with Gasteiger partial charge in [-0.25, -0.2) is 9.40 Å². The molecule has 144 valence electrons. The molecule has 0 amide bonds. The smallest absolute Gasteiger partial charge is 0.168 e. The first kappa shape index (κ1) is 17.9. The molecule has 2 unspecified atom stereocenters. The summed E-state index contributed by atoms with van der Waals surface area (Å²) in [6, 6.07) is 4.74. The molecule has 1 saturated heterocycles. The number of nitrogens with two attached hydrogens (primary N) is 1. The molecule has 2 atom stereocenters. The summed E-state index contributed by atoms with van der Waals surface area (Å²) in [6.07, 6.45) is 2.38. The summed E-state index contributed by atoms with van der Waals surface area (Å²) in [6.45, 7) is 4.53. The largest absolute Gasteiger partial charge is 0.396 e. The molecule has 3 heterocycles. The minimum Gasteiger partial charge on any atom is -0.396 e. The fourth-order valence-corrected chi connectivity index (χ4v) is 3.77. The number of nitrogens with zero attached hydrogens (tertiary/aromatic N) is 4. The number of aliphatic imine (C=N–C) groups is 1. The summed E-state index contributed by atoms with van der Waals surface area (Å²) in [4.78, 5) is 6.82. The molecule has 0 radical (unpaired) electrons. The number of amidine groups is 2. The van der Waals surface area contributed by atoms with Gasteiger partial charge in [-0.05, 0) is 25.0 Å². The summed E-state index contributed by atoms with van der Waals surface area (Å²) in [5.41, 5.74) is 7.95. The van der Waals surface area contributed by atoms with Crippen molar-refractivity contribution in [2.24, 2.45) is 15.8 Å². The number of rotatable bonds is 3. The van der Waals surface area contributed by atoms with Crippen molar-refractivity contribution in [3.63, 3.8) is 0 Å². The Labute approximate surface area is 157 Å². The molecule has 0 aliphatic carbocycles. The van der Waals surface area contributed by atoms with Crippen molar-refractivity contribution in [3.8, 4) is 0 Å². The quantitative estimate of drug-likeness (QED) is 0.820. The minimum absolute atomic E-state index is 0.0467. The van der Waals surface area contributed by atoms with Crippen LogP contribution in [-0.4, -0.2) is 65.1 Å². The standard InChI is InChI=1S/C19H24FN5O2/c1-12-17(9-13-3-2-4-15(20)14(13)11-26)25-19(22-12)16(21)10-18(23-25)24-5-7-27-8-6-24/h2-4,10,12,17,26H,5-9,11,21H2,1H3. The van der Waals surface area contributed by atoms with Crippen LogP contribution in [0.5, 0.6) is 0 Å². The van der Waals surface area contributed by atoms with Crippen LogP contribution in [0.25, 0.3) is 0 Å². The molecule has 0 saturated carbocycles. The number of hydrogen-bond acceptors (Lipinski definition) is 7. The Morgan fingerprint density at radius 3 is 2.85 bits per heavy atom. The lowest BCUT2D eigenvalue weighted by Gasteiger charge is -2.34. The van der Waals surface area contributed by atoms with E-state index in [2.05, 4.69) is 9.89 Å². The molecule has 7 nitrogen and oxygen atoms in total. The van der Waals surface area contributed by atoms with E-state index in [1.165, 1.54) is 6.07 Å². The number of aliphatic hydroxyl groups excluding tert-OH is 1. The van der Waals surface area contributed by atoms with E-state index in [4.69, 9.17) is 15.6 Å². The van der Waals surface area contributed by atoms with Gasteiger partial charge in [-0.1, -0.05) is 12.1 Å². The highest BCUT2D eigenvalue weighted by molar-refractivity contribution is 6.09. The van der Waals surface area contributed by atoms with Crippen LogP contribution in [0.1, 0.15) is 18.1 Å². The first-order valence-electron chi connectivity index (χ1n) is 9.21. The molecule has 1 fully saturated rings. The summed E-state index contributed by atoms with van der Waals surface area (Å²) in [5, 5.41) is 16.2. The van der Waals surface area contributed by atoms with Crippen LogP contribution in [0.3, 0.4) is 0 Å². The second-order valence-electron chi connectivity index (χ2n) is 7.00. The molecule has 3 aliphatic rings. The predicted molar refractivity (Wildman–Crippen MR) is 101 cm³/mol. The van der Waals surface area contributed by atoms with E-state index in [0.29, 0.717) is 36.7 Å². The van der Waals surface area contributed by atoms with Gasteiger partial charge in [-0.15, -0.1) is 0 Å². The maximum Gasteiger partial charge on any atom is 0.168 e. The van der Waals surface area contributed by atoms with Crippen LogP contribution in [0.2, 0.25) is 0 Å². The van der Waals surface area contributed by atoms with Crippen LogP contribution >= 0.6 is 0 Å². The molecule has 3 N–H and O–H groups in total. The Hall–Kier alpha value is -2.45. The normalized spacial score (nSPS) is 25.1. The molecule has 8 heteroatoms. The number of halogens is 1. The Balaban J connectivity index is 1.62. The van der Waals surface area contributed by atoms with Gasteiger partial charge in [-0.2, -0.15) is 5.10 Å². The average molecular weight is 373 g/mol. The fraction of sp³-hybridized carbons (Fsp3) is 0.474. The number of fused-ring (bicyclic) bond motifs is 1. The number of aliphatic hydroxyl groups is 1. The Morgan fingerprint density at radius 1 is 1.33 bits per heavy atom. The third kappa shape index (κ3) is 3.30. The summed E-state index contributed by atoms with van der Waals surface area (Å²) < 4.78 is 19.5. The van der Waals surface area contributed by atoms with E-state index in [1.807, 2.05) is 24.1 Å². The van der Waals surface area contributed by atoms with Crippen molar-refractivity contribution in [2.45, 2.75) is 32.0 Å². The van der Waals surface area contributed by atoms with E-state index < -0.39 is 5.82 Å². The molecule has 1 aromatic carbocycles. The molecular formula is C19H24FN5O2. The highest BCUT2D eigenvalue weighted by Gasteiger charge is 2.38. The number of ether oxygens (including phenoxy) is 1. The second kappa shape index (κ2) is 7.28. The lowest BCUT2D eigenvalue weighted by atomic mass is 9.97. The highest BCUT2D eigenvalue weighted by atomic mass is 19.1. The Bertz CT molecular complexity index is 816. The zero-order valence-electron chi connectivity index (χ0n) is 15.3.